The van der Waals surface area contributed by atoms with Gasteiger partial charge in [0.2, 0.25) is 0 Å². The summed E-state index contributed by atoms with van der Waals surface area (Å²) < 4.78 is 1.74. The minimum absolute atomic E-state index is 0.0154. The lowest BCUT2D eigenvalue weighted by Gasteiger charge is -2.15. The lowest BCUT2D eigenvalue weighted by atomic mass is 9.97. The summed E-state index contributed by atoms with van der Waals surface area (Å²) in [5.41, 5.74) is 3.18. The van der Waals surface area contributed by atoms with Gasteiger partial charge in [-0.3, -0.25) is 9.59 Å². The fraction of sp³-hybridized carbons (Fsp3) is 0.333. The Hall–Kier alpha value is -2.36. The van der Waals surface area contributed by atoms with Crippen molar-refractivity contribution in [3.8, 4) is 11.1 Å². The molecule has 1 aliphatic heterocycles. The summed E-state index contributed by atoms with van der Waals surface area (Å²) in [6, 6.07) is 11.3. The molecule has 2 heterocycles. The monoisotopic (exact) mass is 296 g/mol. The molecular formula is C18H20N2O2. The van der Waals surface area contributed by atoms with E-state index in [1.807, 2.05) is 37.3 Å². The third-order valence-corrected chi connectivity index (χ3v) is 4.06. The molecule has 22 heavy (non-hydrogen) atoms. The van der Waals surface area contributed by atoms with Gasteiger partial charge in [-0.2, -0.15) is 0 Å². The van der Waals surface area contributed by atoms with Crippen LogP contribution >= 0.6 is 0 Å². The van der Waals surface area contributed by atoms with Crippen LogP contribution in [-0.4, -0.2) is 17.0 Å². The molecule has 3 rings (SSSR count). The van der Waals surface area contributed by atoms with Crippen LogP contribution in [0.15, 0.2) is 41.2 Å². The van der Waals surface area contributed by atoms with Gasteiger partial charge in [0.1, 0.15) is 0 Å². The average Bonchev–Trinajstić information content (AvgIpc) is 3.03. The molecule has 0 bridgehead atoms. The molecule has 0 saturated carbocycles. The van der Waals surface area contributed by atoms with Gasteiger partial charge in [0.05, 0.1) is 5.56 Å². The lowest BCUT2D eigenvalue weighted by molar-refractivity contribution is 0.0952. The fourth-order valence-electron chi connectivity index (χ4n) is 3.03. The third kappa shape index (κ3) is 2.56. The van der Waals surface area contributed by atoms with Crippen LogP contribution in [0.5, 0.6) is 0 Å². The number of nitrogens with zero attached hydrogens (tertiary/aromatic N) is 1. The molecule has 0 saturated heterocycles. The van der Waals surface area contributed by atoms with E-state index in [0.717, 1.165) is 36.1 Å². The molecule has 0 aliphatic carbocycles. The molecule has 0 spiro atoms. The van der Waals surface area contributed by atoms with Crippen LogP contribution in [0.2, 0.25) is 0 Å². The zero-order chi connectivity index (χ0) is 15.5. The van der Waals surface area contributed by atoms with E-state index in [4.69, 9.17) is 0 Å². The number of pyridine rings is 1. The van der Waals surface area contributed by atoms with E-state index in [9.17, 15) is 9.59 Å². The van der Waals surface area contributed by atoms with Crippen molar-refractivity contribution in [2.45, 2.75) is 32.7 Å². The molecule has 1 N–H and O–H groups in total. The predicted molar refractivity (Wildman–Crippen MR) is 87.1 cm³/mol. The quantitative estimate of drug-likeness (QED) is 0.943. The summed E-state index contributed by atoms with van der Waals surface area (Å²) in [7, 11) is 0. The Morgan fingerprint density at radius 2 is 2.05 bits per heavy atom. The summed E-state index contributed by atoms with van der Waals surface area (Å²) in [6.07, 6.45) is 2.59. The topological polar surface area (TPSA) is 51.1 Å². The van der Waals surface area contributed by atoms with Crippen molar-refractivity contribution < 1.29 is 4.79 Å². The number of benzene rings is 1. The maximum absolute atomic E-state index is 12.6. The van der Waals surface area contributed by atoms with Gasteiger partial charge >= 0.3 is 0 Å². The summed E-state index contributed by atoms with van der Waals surface area (Å²) >= 11 is 0. The van der Waals surface area contributed by atoms with Crippen molar-refractivity contribution in [2.24, 2.45) is 0 Å². The van der Waals surface area contributed by atoms with Gasteiger partial charge in [-0.1, -0.05) is 37.3 Å². The van der Waals surface area contributed by atoms with E-state index in [0.29, 0.717) is 18.7 Å². The van der Waals surface area contributed by atoms with E-state index in [1.54, 1.807) is 10.6 Å². The zero-order valence-electron chi connectivity index (χ0n) is 12.8. The number of aromatic nitrogens is 1. The highest BCUT2D eigenvalue weighted by atomic mass is 16.2. The number of carbonyl (C=O) groups excluding carboxylic acids is 1. The van der Waals surface area contributed by atoms with E-state index in [1.165, 1.54) is 0 Å². The molecule has 2 aromatic rings. The van der Waals surface area contributed by atoms with E-state index in [2.05, 4.69) is 5.32 Å². The van der Waals surface area contributed by atoms with Crippen molar-refractivity contribution in [1.29, 1.82) is 0 Å². The van der Waals surface area contributed by atoms with Gasteiger partial charge in [-0.25, -0.2) is 0 Å². The van der Waals surface area contributed by atoms with Crippen molar-refractivity contribution >= 4 is 5.91 Å². The molecule has 1 aromatic heterocycles. The summed E-state index contributed by atoms with van der Waals surface area (Å²) in [5.74, 6) is -0.0775. The molecular weight excluding hydrogens is 276 g/mol. The molecule has 4 nitrogen and oxygen atoms in total. The van der Waals surface area contributed by atoms with E-state index in [-0.39, 0.29) is 11.5 Å². The Morgan fingerprint density at radius 3 is 2.77 bits per heavy atom. The third-order valence-electron chi connectivity index (χ3n) is 4.06. The Balaban J connectivity index is 2.18. The molecule has 0 unspecified atom stereocenters. The van der Waals surface area contributed by atoms with Crippen LogP contribution in [0.25, 0.3) is 11.1 Å². The molecule has 1 aliphatic rings. The van der Waals surface area contributed by atoms with Gasteiger partial charge in [0.15, 0.2) is 0 Å². The first-order chi connectivity index (χ1) is 10.7. The van der Waals surface area contributed by atoms with Crippen molar-refractivity contribution in [1.82, 2.24) is 9.88 Å². The predicted octanol–water partition coefficient (Wildman–Crippen LogP) is 2.60. The molecule has 0 radical (unpaired) electrons. The minimum Gasteiger partial charge on any atom is -0.352 e. The lowest BCUT2D eigenvalue weighted by Crippen LogP contribution is -2.29. The summed E-state index contributed by atoms with van der Waals surface area (Å²) in [5, 5.41) is 2.95. The zero-order valence-corrected chi connectivity index (χ0v) is 12.8. The summed E-state index contributed by atoms with van der Waals surface area (Å²) in [4.78, 5) is 25.0. The van der Waals surface area contributed by atoms with Crippen molar-refractivity contribution in [2.75, 3.05) is 6.54 Å². The number of carbonyl (C=O) groups is 1. The van der Waals surface area contributed by atoms with Crippen LogP contribution in [0.4, 0.5) is 0 Å². The standard InChI is InChI=1S/C18H20N2O2/c1-2-10-19-18(22)17-14(13-7-4-3-5-8-13)12-16(21)20-11-6-9-15(17)20/h3-5,7-8,12H,2,6,9-11H2,1H3,(H,19,22). The number of hydrogen-bond donors (Lipinski definition) is 1. The van der Waals surface area contributed by atoms with Crippen molar-refractivity contribution in [3.63, 3.8) is 0 Å². The van der Waals surface area contributed by atoms with Gasteiger partial charge in [0.25, 0.3) is 11.5 Å². The van der Waals surface area contributed by atoms with Gasteiger partial charge in [0, 0.05) is 30.4 Å². The first-order valence-corrected chi connectivity index (χ1v) is 7.82. The average molecular weight is 296 g/mol. The van der Waals surface area contributed by atoms with Gasteiger partial charge in [-0.15, -0.1) is 0 Å². The largest absolute Gasteiger partial charge is 0.352 e. The highest BCUT2D eigenvalue weighted by Crippen LogP contribution is 2.28. The van der Waals surface area contributed by atoms with Crippen LogP contribution in [-0.2, 0) is 13.0 Å². The summed E-state index contributed by atoms with van der Waals surface area (Å²) in [6.45, 7) is 3.38. The second-order valence-corrected chi connectivity index (χ2v) is 5.60. The molecule has 0 fully saturated rings. The molecule has 1 aromatic carbocycles. The maximum Gasteiger partial charge on any atom is 0.253 e. The Morgan fingerprint density at radius 1 is 1.27 bits per heavy atom. The molecule has 4 heteroatoms. The SMILES string of the molecule is CCCNC(=O)c1c(-c2ccccc2)cc(=O)n2c1CCC2. The number of rotatable bonds is 4. The van der Waals surface area contributed by atoms with E-state index < -0.39 is 0 Å². The second-order valence-electron chi connectivity index (χ2n) is 5.60. The maximum atomic E-state index is 12.6. The highest BCUT2D eigenvalue weighted by molar-refractivity contribution is 6.02. The van der Waals surface area contributed by atoms with Crippen LogP contribution in [0, 0.1) is 0 Å². The Bertz CT molecular complexity index is 748. The Kier molecular flexibility index (Phi) is 4.09. The van der Waals surface area contributed by atoms with Gasteiger partial charge < -0.3 is 9.88 Å². The van der Waals surface area contributed by atoms with E-state index >= 15 is 0 Å². The minimum atomic E-state index is -0.0775. The number of hydrogen-bond acceptors (Lipinski definition) is 2. The van der Waals surface area contributed by atoms with Crippen molar-refractivity contribution in [3.05, 3.63) is 58.0 Å². The highest BCUT2D eigenvalue weighted by Gasteiger charge is 2.24. The molecule has 1 amide bonds. The number of nitrogens with one attached hydrogen (secondary N) is 1. The number of fused-ring (bicyclic) bond motifs is 1. The first kappa shape index (κ1) is 14.6. The van der Waals surface area contributed by atoms with Crippen LogP contribution in [0.3, 0.4) is 0 Å². The second kappa shape index (κ2) is 6.18. The van der Waals surface area contributed by atoms with Crippen LogP contribution in [0.1, 0.15) is 35.8 Å². The normalized spacial score (nSPS) is 13.0. The molecule has 114 valence electrons. The number of amides is 1. The molecule has 0 atom stereocenters. The van der Waals surface area contributed by atoms with Crippen LogP contribution < -0.4 is 10.9 Å². The fourth-order valence-corrected chi connectivity index (χ4v) is 3.03. The first-order valence-electron chi connectivity index (χ1n) is 7.82. The smallest absolute Gasteiger partial charge is 0.253 e. The Labute approximate surface area is 129 Å². The van der Waals surface area contributed by atoms with Gasteiger partial charge in [-0.05, 0) is 24.8 Å².